The normalized spacial score (nSPS) is 44.4. The molecule has 0 aromatic heterocycles. The summed E-state index contributed by atoms with van der Waals surface area (Å²) in [7, 11) is 1.51. The van der Waals surface area contributed by atoms with E-state index < -0.39 is 17.6 Å². The standard InChI is InChI=1S/C19H24N2O4/c1-3-12-15-10-9-25-17(16(15)22)19(8-13(10)20-12)11-6-4-5-7-14(11)21(24-2)18(19)23/h4-7,10,12-13,15-17,20,22H,3,8-9H2,1-2H3/t10-,12+,13+,15-,16+,17-,19-/m0/s1. The lowest BCUT2D eigenvalue weighted by molar-refractivity contribution is -0.159. The van der Waals surface area contributed by atoms with Crippen molar-refractivity contribution in [3.05, 3.63) is 29.8 Å². The number of hydroxylamine groups is 1. The number of aliphatic hydroxyl groups excluding tert-OH is 1. The van der Waals surface area contributed by atoms with E-state index in [1.54, 1.807) is 0 Å². The molecule has 1 aliphatic carbocycles. The van der Waals surface area contributed by atoms with Gasteiger partial charge in [-0.1, -0.05) is 25.1 Å². The lowest BCUT2D eigenvalue weighted by atomic mass is 9.70. The van der Waals surface area contributed by atoms with Gasteiger partial charge < -0.3 is 15.2 Å². The summed E-state index contributed by atoms with van der Waals surface area (Å²) in [4.78, 5) is 18.9. The van der Waals surface area contributed by atoms with Crippen LogP contribution in [0.1, 0.15) is 25.3 Å². The lowest BCUT2D eigenvalue weighted by Crippen LogP contribution is -2.59. The van der Waals surface area contributed by atoms with Crippen LogP contribution in [-0.4, -0.2) is 49.0 Å². The van der Waals surface area contributed by atoms with Crippen molar-refractivity contribution in [3.8, 4) is 0 Å². The lowest BCUT2D eigenvalue weighted by Gasteiger charge is -2.43. The van der Waals surface area contributed by atoms with Gasteiger partial charge in [-0.2, -0.15) is 5.06 Å². The van der Waals surface area contributed by atoms with E-state index in [0.29, 0.717) is 19.1 Å². The maximum Gasteiger partial charge on any atom is 0.264 e. The van der Waals surface area contributed by atoms with Crippen molar-refractivity contribution in [1.82, 2.24) is 5.32 Å². The molecule has 25 heavy (non-hydrogen) atoms. The van der Waals surface area contributed by atoms with Gasteiger partial charge in [0.1, 0.15) is 11.5 Å². The molecule has 1 aromatic carbocycles. The van der Waals surface area contributed by atoms with E-state index in [0.717, 1.165) is 17.7 Å². The molecule has 4 fully saturated rings. The number of amides is 1. The molecule has 0 radical (unpaired) electrons. The maximum absolute atomic E-state index is 13.5. The highest BCUT2D eigenvalue weighted by atomic mass is 16.7. The molecule has 0 unspecified atom stereocenters. The molecule has 6 heteroatoms. The summed E-state index contributed by atoms with van der Waals surface area (Å²) >= 11 is 0. The van der Waals surface area contributed by atoms with Gasteiger partial charge >= 0.3 is 0 Å². The number of benzene rings is 1. The van der Waals surface area contributed by atoms with E-state index in [9.17, 15) is 9.90 Å². The van der Waals surface area contributed by atoms with Crippen LogP contribution >= 0.6 is 0 Å². The van der Waals surface area contributed by atoms with Crippen LogP contribution in [0.2, 0.25) is 0 Å². The summed E-state index contributed by atoms with van der Waals surface area (Å²) in [6.45, 7) is 2.75. The third-order valence-corrected chi connectivity index (χ3v) is 6.90. The van der Waals surface area contributed by atoms with Crippen molar-refractivity contribution in [2.24, 2.45) is 11.8 Å². The fourth-order valence-corrected chi connectivity index (χ4v) is 5.89. The topological polar surface area (TPSA) is 71.0 Å². The highest BCUT2D eigenvalue weighted by Gasteiger charge is 2.67. The second-order valence-electron chi connectivity index (χ2n) is 7.75. The van der Waals surface area contributed by atoms with Crippen LogP contribution in [0, 0.1) is 11.8 Å². The molecule has 3 saturated heterocycles. The van der Waals surface area contributed by atoms with Crippen molar-refractivity contribution >= 4 is 11.6 Å². The minimum Gasteiger partial charge on any atom is -0.390 e. The first-order valence-corrected chi connectivity index (χ1v) is 9.17. The largest absolute Gasteiger partial charge is 0.390 e. The highest BCUT2D eigenvalue weighted by molar-refractivity contribution is 6.07. The quantitative estimate of drug-likeness (QED) is 0.837. The molecule has 4 heterocycles. The summed E-state index contributed by atoms with van der Waals surface area (Å²) in [5.74, 6) is 0.278. The maximum atomic E-state index is 13.5. The number of para-hydroxylation sites is 1. The number of carbonyl (C=O) groups excluding carboxylic acids is 1. The first-order chi connectivity index (χ1) is 12.1. The molecule has 4 bridgehead atoms. The smallest absolute Gasteiger partial charge is 0.264 e. The van der Waals surface area contributed by atoms with Gasteiger partial charge in [-0.3, -0.25) is 9.63 Å². The fourth-order valence-electron chi connectivity index (χ4n) is 5.89. The van der Waals surface area contributed by atoms with Crippen LogP contribution in [0.3, 0.4) is 0 Å². The summed E-state index contributed by atoms with van der Waals surface area (Å²) in [5.41, 5.74) is 0.791. The molecule has 7 atom stereocenters. The molecule has 2 N–H and O–H groups in total. The monoisotopic (exact) mass is 344 g/mol. The predicted molar refractivity (Wildman–Crippen MR) is 91.0 cm³/mol. The number of ether oxygens (including phenoxy) is 1. The van der Waals surface area contributed by atoms with Crippen LogP contribution in [-0.2, 0) is 19.8 Å². The number of carbonyl (C=O) groups is 1. The second-order valence-corrected chi connectivity index (χ2v) is 7.75. The Hall–Kier alpha value is -1.47. The van der Waals surface area contributed by atoms with Crippen molar-refractivity contribution in [2.45, 2.75) is 49.5 Å². The van der Waals surface area contributed by atoms with Crippen molar-refractivity contribution in [1.29, 1.82) is 0 Å². The zero-order valence-electron chi connectivity index (χ0n) is 14.5. The van der Waals surface area contributed by atoms with Crippen molar-refractivity contribution < 1.29 is 19.5 Å². The molecule has 6 nitrogen and oxygen atoms in total. The van der Waals surface area contributed by atoms with E-state index >= 15 is 0 Å². The van der Waals surface area contributed by atoms with Crippen LogP contribution in [0.4, 0.5) is 5.69 Å². The second kappa shape index (κ2) is 5.27. The number of anilines is 1. The van der Waals surface area contributed by atoms with Crippen LogP contribution in [0.25, 0.3) is 0 Å². The van der Waals surface area contributed by atoms with Crippen molar-refractivity contribution in [3.63, 3.8) is 0 Å². The van der Waals surface area contributed by atoms with Gasteiger partial charge in [0.05, 0.1) is 25.5 Å². The first kappa shape index (κ1) is 15.8. The molecule has 1 spiro atoms. The molecule has 134 valence electrons. The Morgan fingerprint density at radius 3 is 3.00 bits per heavy atom. The zero-order valence-corrected chi connectivity index (χ0v) is 14.5. The van der Waals surface area contributed by atoms with E-state index in [1.807, 2.05) is 24.3 Å². The van der Waals surface area contributed by atoms with E-state index in [2.05, 4.69) is 12.2 Å². The molecule has 6 rings (SSSR count). The van der Waals surface area contributed by atoms with Crippen LogP contribution in [0.5, 0.6) is 0 Å². The third kappa shape index (κ3) is 1.76. The number of hydrogen-bond donors (Lipinski definition) is 2. The van der Waals surface area contributed by atoms with Gasteiger partial charge in [-0.15, -0.1) is 0 Å². The summed E-state index contributed by atoms with van der Waals surface area (Å²) in [6, 6.07) is 8.18. The summed E-state index contributed by atoms with van der Waals surface area (Å²) in [6.07, 6.45) is 0.437. The van der Waals surface area contributed by atoms with Crippen molar-refractivity contribution in [2.75, 3.05) is 18.8 Å². The SMILES string of the molecule is CC[C@H]1N[C@@H]2C[C@@]3(C(=O)N(OC)c4ccccc43)[C@H]3OC[C@@H]2[C@@H]1[C@H]3O. The third-order valence-electron chi connectivity index (χ3n) is 6.90. The molecular weight excluding hydrogens is 320 g/mol. The van der Waals surface area contributed by atoms with Gasteiger partial charge in [0.15, 0.2) is 0 Å². The highest BCUT2D eigenvalue weighted by Crippen LogP contribution is 2.56. The zero-order chi connectivity index (χ0) is 17.3. The molecule has 1 amide bonds. The number of nitrogens with one attached hydrogen (secondary N) is 1. The average Bonchev–Trinajstić information content (AvgIpc) is 3.00. The predicted octanol–water partition coefficient (Wildman–Crippen LogP) is 0.979. The van der Waals surface area contributed by atoms with Gasteiger partial charge in [0.2, 0.25) is 0 Å². The Morgan fingerprint density at radius 1 is 1.44 bits per heavy atom. The first-order valence-electron chi connectivity index (χ1n) is 9.17. The molecule has 4 aliphatic heterocycles. The number of aliphatic hydroxyl groups is 1. The number of rotatable bonds is 2. The van der Waals surface area contributed by atoms with Crippen LogP contribution < -0.4 is 10.4 Å². The Balaban J connectivity index is 1.69. The molecule has 1 aromatic rings. The Labute approximate surface area is 147 Å². The Bertz CT molecular complexity index is 725. The van der Waals surface area contributed by atoms with E-state index in [1.165, 1.54) is 12.2 Å². The van der Waals surface area contributed by atoms with Crippen LogP contribution in [0.15, 0.2) is 24.3 Å². The van der Waals surface area contributed by atoms with Gasteiger partial charge in [0, 0.05) is 23.9 Å². The fraction of sp³-hybridized carbons (Fsp3) is 0.632. The average molecular weight is 344 g/mol. The molecule has 1 saturated carbocycles. The summed E-state index contributed by atoms with van der Waals surface area (Å²) in [5, 5.41) is 16.3. The Kier molecular flexibility index (Phi) is 3.32. The molecular formula is C19H24N2O4. The Morgan fingerprint density at radius 2 is 2.24 bits per heavy atom. The van der Waals surface area contributed by atoms with E-state index in [-0.39, 0.29) is 23.8 Å². The minimum absolute atomic E-state index is 0.122. The summed E-state index contributed by atoms with van der Waals surface area (Å²) < 4.78 is 6.15. The number of fused-ring (bicyclic) bond motifs is 2. The number of nitrogens with zero attached hydrogens (tertiary/aromatic N) is 1. The number of hydrogen-bond acceptors (Lipinski definition) is 5. The van der Waals surface area contributed by atoms with Gasteiger partial charge in [-0.05, 0) is 24.5 Å². The minimum atomic E-state index is -0.883. The molecule has 5 aliphatic rings. The van der Waals surface area contributed by atoms with Gasteiger partial charge in [-0.25, -0.2) is 0 Å². The van der Waals surface area contributed by atoms with Gasteiger partial charge in [0.25, 0.3) is 5.91 Å². The van der Waals surface area contributed by atoms with E-state index in [4.69, 9.17) is 9.57 Å².